The third kappa shape index (κ3) is 5.60. The Balaban J connectivity index is 0.00000364. The molecule has 0 radical (unpaired) electrons. The van der Waals surface area contributed by atoms with Gasteiger partial charge in [-0.1, -0.05) is 30.3 Å². The zero-order valence-corrected chi connectivity index (χ0v) is 16.2. The predicted molar refractivity (Wildman–Crippen MR) is 105 cm³/mol. The first-order valence-electron chi connectivity index (χ1n) is 7.94. The highest BCUT2D eigenvalue weighted by molar-refractivity contribution is 6.02. The maximum Gasteiger partial charge on any atom is 0.340 e. The molecule has 3 N–H and O–H groups in total. The summed E-state index contributed by atoms with van der Waals surface area (Å²) >= 11 is 0. The molecule has 0 saturated heterocycles. The summed E-state index contributed by atoms with van der Waals surface area (Å²) in [5, 5.41) is 2.70. The molecule has 2 rings (SSSR count). The molecule has 0 heterocycles. The van der Waals surface area contributed by atoms with Crippen molar-refractivity contribution in [1.82, 2.24) is 0 Å². The fourth-order valence-electron chi connectivity index (χ4n) is 2.48. The second kappa shape index (κ2) is 10.4. The molecule has 0 aliphatic heterocycles. The van der Waals surface area contributed by atoms with Crippen LogP contribution in [0.4, 0.5) is 5.69 Å². The third-order valence-electron chi connectivity index (χ3n) is 3.84. The second-order valence-electron chi connectivity index (χ2n) is 5.51. The van der Waals surface area contributed by atoms with Crippen LogP contribution >= 0.6 is 12.4 Å². The van der Waals surface area contributed by atoms with E-state index in [9.17, 15) is 9.59 Å². The van der Waals surface area contributed by atoms with Gasteiger partial charge in [0.05, 0.1) is 32.6 Å². The number of rotatable bonds is 7. The number of nitrogens with one attached hydrogen (secondary N) is 1. The SMILES string of the molecule is COC(=O)c1cc(OC)c(OC)cc1NC(=O)CC(N)c1ccccc1.Cl. The lowest BCUT2D eigenvalue weighted by Gasteiger charge is -2.16. The number of halogens is 1. The number of amides is 1. The smallest absolute Gasteiger partial charge is 0.340 e. The molecule has 27 heavy (non-hydrogen) atoms. The van der Waals surface area contributed by atoms with E-state index in [0.717, 1.165) is 5.56 Å². The van der Waals surface area contributed by atoms with Crippen molar-refractivity contribution in [2.75, 3.05) is 26.6 Å². The number of anilines is 1. The van der Waals surface area contributed by atoms with Gasteiger partial charge in [-0.3, -0.25) is 4.79 Å². The summed E-state index contributed by atoms with van der Waals surface area (Å²) in [4.78, 5) is 24.4. The molecule has 1 unspecified atom stereocenters. The molecule has 8 heteroatoms. The maximum absolute atomic E-state index is 12.4. The fourth-order valence-corrected chi connectivity index (χ4v) is 2.48. The number of carbonyl (C=O) groups excluding carboxylic acids is 2. The van der Waals surface area contributed by atoms with Gasteiger partial charge in [0.2, 0.25) is 5.91 Å². The van der Waals surface area contributed by atoms with E-state index in [1.54, 1.807) is 0 Å². The van der Waals surface area contributed by atoms with Crippen LogP contribution in [0.2, 0.25) is 0 Å². The largest absolute Gasteiger partial charge is 0.493 e. The lowest BCUT2D eigenvalue weighted by atomic mass is 10.0. The molecule has 0 bridgehead atoms. The van der Waals surface area contributed by atoms with Crippen LogP contribution < -0.4 is 20.5 Å². The van der Waals surface area contributed by atoms with Crippen molar-refractivity contribution in [3.8, 4) is 11.5 Å². The zero-order chi connectivity index (χ0) is 19.1. The molecule has 0 spiro atoms. The van der Waals surface area contributed by atoms with Gasteiger partial charge in [0.15, 0.2) is 11.5 Å². The normalized spacial score (nSPS) is 11.0. The Morgan fingerprint density at radius 3 is 2.19 bits per heavy atom. The van der Waals surface area contributed by atoms with Gasteiger partial charge in [-0.2, -0.15) is 0 Å². The van der Waals surface area contributed by atoms with Crippen LogP contribution in [0.25, 0.3) is 0 Å². The minimum absolute atomic E-state index is 0. The number of ether oxygens (including phenoxy) is 3. The quantitative estimate of drug-likeness (QED) is 0.700. The average molecular weight is 395 g/mol. The highest BCUT2D eigenvalue weighted by Gasteiger charge is 2.20. The van der Waals surface area contributed by atoms with E-state index < -0.39 is 12.0 Å². The van der Waals surface area contributed by atoms with Crippen molar-refractivity contribution in [3.05, 3.63) is 53.6 Å². The first kappa shape index (κ1) is 22.3. The Morgan fingerprint density at radius 1 is 1.04 bits per heavy atom. The van der Waals surface area contributed by atoms with E-state index in [-0.39, 0.29) is 36.0 Å². The molecule has 1 amide bonds. The topological polar surface area (TPSA) is 99.9 Å². The van der Waals surface area contributed by atoms with Crippen molar-refractivity contribution >= 4 is 30.0 Å². The summed E-state index contributed by atoms with van der Waals surface area (Å²) in [6.45, 7) is 0. The summed E-state index contributed by atoms with van der Waals surface area (Å²) in [5.41, 5.74) is 7.35. The van der Waals surface area contributed by atoms with Crippen LogP contribution in [0.5, 0.6) is 11.5 Å². The van der Waals surface area contributed by atoms with E-state index in [1.165, 1.54) is 33.5 Å². The molecule has 0 aliphatic carbocycles. The van der Waals surface area contributed by atoms with Gasteiger partial charge in [-0.15, -0.1) is 12.4 Å². The lowest BCUT2D eigenvalue weighted by Crippen LogP contribution is -2.22. The van der Waals surface area contributed by atoms with Crippen molar-refractivity contribution < 1.29 is 23.8 Å². The van der Waals surface area contributed by atoms with E-state index in [2.05, 4.69) is 5.32 Å². The highest BCUT2D eigenvalue weighted by atomic mass is 35.5. The summed E-state index contributed by atoms with van der Waals surface area (Å²) < 4.78 is 15.2. The van der Waals surface area contributed by atoms with E-state index in [1.807, 2.05) is 30.3 Å². The maximum atomic E-state index is 12.4. The molecular weight excluding hydrogens is 372 g/mol. The molecule has 2 aromatic rings. The summed E-state index contributed by atoms with van der Waals surface area (Å²) in [6.07, 6.45) is 0.0545. The number of hydrogen-bond donors (Lipinski definition) is 2. The number of methoxy groups -OCH3 is 3. The van der Waals surface area contributed by atoms with Gasteiger partial charge in [-0.25, -0.2) is 4.79 Å². The first-order valence-corrected chi connectivity index (χ1v) is 7.94. The van der Waals surface area contributed by atoms with Crippen molar-refractivity contribution in [3.63, 3.8) is 0 Å². The van der Waals surface area contributed by atoms with Gasteiger partial charge in [0.1, 0.15) is 0 Å². The van der Waals surface area contributed by atoms with E-state index >= 15 is 0 Å². The van der Waals surface area contributed by atoms with Crippen LogP contribution in [-0.4, -0.2) is 33.2 Å². The number of carbonyl (C=O) groups is 2. The Bertz CT molecular complexity index is 783. The summed E-state index contributed by atoms with van der Waals surface area (Å²) in [7, 11) is 4.18. The minimum atomic E-state index is -0.603. The molecule has 7 nitrogen and oxygen atoms in total. The van der Waals surface area contributed by atoms with Gasteiger partial charge < -0.3 is 25.3 Å². The average Bonchev–Trinajstić information content (AvgIpc) is 2.67. The second-order valence-corrected chi connectivity index (χ2v) is 5.51. The Hall–Kier alpha value is -2.77. The molecule has 0 aliphatic rings. The van der Waals surface area contributed by atoms with Crippen LogP contribution in [0.3, 0.4) is 0 Å². The Kier molecular flexibility index (Phi) is 8.58. The molecular formula is C19H23ClN2O5. The lowest BCUT2D eigenvalue weighted by molar-refractivity contribution is -0.116. The van der Waals surface area contributed by atoms with Crippen LogP contribution in [0.1, 0.15) is 28.4 Å². The standard InChI is InChI=1S/C19H22N2O5.ClH/c1-24-16-9-13(19(23)26-3)15(11-17(16)25-2)21-18(22)10-14(20)12-7-5-4-6-8-12;/h4-9,11,14H,10,20H2,1-3H3,(H,21,22);1H. The van der Waals surface area contributed by atoms with Crippen molar-refractivity contribution in [1.29, 1.82) is 0 Å². The van der Waals surface area contributed by atoms with Crippen molar-refractivity contribution in [2.24, 2.45) is 5.73 Å². The number of nitrogens with two attached hydrogens (primary N) is 1. The van der Waals surface area contributed by atoms with Crippen LogP contribution in [0, 0.1) is 0 Å². The fraction of sp³-hybridized carbons (Fsp3) is 0.263. The van der Waals surface area contributed by atoms with Gasteiger partial charge in [0, 0.05) is 24.6 Å². The molecule has 0 saturated carbocycles. The van der Waals surface area contributed by atoms with Crippen molar-refractivity contribution in [2.45, 2.75) is 12.5 Å². The van der Waals surface area contributed by atoms with E-state index in [4.69, 9.17) is 19.9 Å². The van der Waals surface area contributed by atoms with Gasteiger partial charge in [-0.05, 0) is 5.56 Å². The predicted octanol–water partition coefficient (Wildman–Crippen LogP) is 2.94. The molecule has 0 fully saturated rings. The first-order chi connectivity index (χ1) is 12.5. The van der Waals surface area contributed by atoms with Gasteiger partial charge in [0.25, 0.3) is 0 Å². The molecule has 1 atom stereocenters. The monoisotopic (exact) mass is 394 g/mol. The Labute approximate surface area is 164 Å². The number of benzene rings is 2. The minimum Gasteiger partial charge on any atom is -0.493 e. The summed E-state index contributed by atoms with van der Waals surface area (Å²) in [6, 6.07) is 11.8. The molecule has 146 valence electrons. The summed E-state index contributed by atoms with van der Waals surface area (Å²) in [5.74, 6) is -0.206. The third-order valence-corrected chi connectivity index (χ3v) is 3.84. The highest BCUT2D eigenvalue weighted by Crippen LogP contribution is 2.34. The molecule has 0 aromatic heterocycles. The Morgan fingerprint density at radius 2 is 1.63 bits per heavy atom. The van der Waals surface area contributed by atoms with Crippen LogP contribution in [-0.2, 0) is 9.53 Å². The zero-order valence-electron chi connectivity index (χ0n) is 15.4. The van der Waals surface area contributed by atoms with Gasteiger partial charge >= 0.3 is 5.97 Å². The number of hydrogen-bond acceptors (Lipinski definition) is 6. The molecule has 2 aromatic carbocycles. The van der Waals surface area contributed by atoms with E-state index in [0.29, 0.717) is 11.5 Å². The number of esters is 1. The van der Waals surface area contributed by atoms with Crippen LogP contribution in [0.15, 0.2) is 42.5 Å².